The van der Waals surface area contributed by atoms with E-state index in [4.69, 9.17) is 5.73 Å². The first-order valence-corrected chi connectivity index (χ1v) is 3.39. The number of carbonyl (C=O) groups excluding carboxylic acids is 1. The molecule has 1 aliphatic heterocycles. The van der Waals surface area contributed by atoms with E-state index in [1.807, 2.05) is 0 Å². The Morgan fingerprint density at radius 1 is 1.67 bits per heavy atom. The molecule has 0 aromatic heterocycles. The highest BCUT2D eigenvalue weighted by Crippen LogP contribution is 2.26. The number of amides is 1. The maximum atomic E-state index is 12.4. The Labute approximate surface area is 75.1 Å². The molecule has 3 nitrogen and oxygen atoms in total. The van der Waals surface area contributed by atoms with Crippen molar-refractivity contribution >= 4 is 18.3 Å². The third kappa shape index (κ3) is 3.32. The predicted molar refractivity (Wildman–Crippen MR) is 42.4 cm³/mol. The average Bonchev–Trinajstić information content (AvgIpc) is 2.08. The van der Waals surface area contributed by atoms with Gasteiger partial charge in [-0.2, -0.15) is 0 Å². The van der Waals surface area contributed by atoms with Gasteiger partial charge in [0.1, 0.15) is 0 Å². The van der Waals surface area contributed by atoms with E-state index in [-0.39, 0.29) is 31.8 Å². The smallest absolute Gasteiger partial charge is 0.261 e. The van der Waals surface area contributed by atoms with E-state index in [0.29, 0.717) is 0 Å². The number of hydrogen-bond acceptors (Lipinski definition) is 2. The average molecular weight is 201 g/mol. The van der Waals surface area contributed by atoms with Crippen molar-refractivity contribution < 1.29 is 13.6 Å². The van der Waals surface area contributed by atoms with Crippen molar-refractivity contribution in [2.45, 2.75) is 24.8 Å². The van der Waals surface area contributed by atoms with Crippen LogP contribution in [-0.4, -0.2) is 24.4 Å². The minimum Gasteiger partial charge on any atom is -0.370 e. The third-order valence-corrected chi connectivity index (χ3v) is 1.64. The molecule has 1 rings (SSSR count). The summed E-state index contributed by atoms with van der Waals surface area (Å²) in [4.78, 5) is 10.3. The van der Waals surface area contributed by atoms with Gasteiger partial charge in [-0.25, -0.2) is 8.78 Å². The summed E-state index contributed by atoms with van der Waals surface area (Å²) in [6.45, 7) is -0.342. The lowest BCUT2D eigenvalue weighted by molar-refractivity contribution is -0.118. The van der Waals surface area contributed by atoms with E-state index in [0.717, 1.165) is 0 Å². The Morgan fingerprint density at radius 3 is 2.58 bits per heavy atom. The first kappa shape index (κ1) is 11.6. The SMILES string of the molecule is Cl.NC(=O)C[C@H]1CC(F)(F)CN1. The maximum absolute atomic E-state index is 12.4. The minimum absolute atomic E-state index is 0. The number of primary amides is 1. The Kier molecular flexibility index (Phi) is 3.86. The number of carbonyl (C=O) groups is 1. The number of nitrogens with two attached hydrogens (primary N) is 1. The maximum Gasteiger partial charge on any atom is 0.261 e. The van der Waals surface area contributed by atoms with Crippen molar-refractivity contribution in [2.75, 3.05) is 6.54 Å². The van der Waals surface area contributed by atoms with Crippen LogP contribution in [0.5, 0.6) is 0 Å². The molecule has 1 aliphatic rings. The number of halogens is 3. The Morgan fingerprint density at radius 2 is 2.25 bits per heavy atom. The summed E-state index contributed by atoms with van der Waals surface area (Å²) in [7, 11) is 0. The summed E-state index contributed by atoms with van der Waals surface area (Å²) in [5, 5.41) is 2.53. The van der Waals surface area contributed by atoms with E-state index in [2.05, 4.69) is 5.32 Å². The van der Waals surface area contributed by atoms with Crippen LogP contribution in [-0.2, 0) is 4.79 Å². The molecule has 0 aromatic carbocycles. The lowest BCUT2D eigenvalue weighted by atomic mass is 10.1. The summed E-state index contributed by atoms with van der Waals surface area (Å²) in [6.07, 6.45) is -0.286. The zero-order chi connectivity index (χ0) is 8.48. The van der Waals surface area contributed by atoms with E-state index in [1.165, 1.54) is 0 Å². The van der Waals surface area contributed by atoms with Gasteiger partial charge < -0.3 is 11.1 Å². The normalized spacial score (nSPS) is 26.3. The fourth-order valence-corrected chi connectivity index (χ4v) is 1.19. The largest absolute Gasteiger partial charge is 0.370 e. The number of alkyl halides is 2. The van der Waals surface area contributed by atoms with Crippen LogP contribution in [0.2, 0.25) is 0 Å². The topological polar surface area (TPSA) is 55.1 Å². The highest BCUT2D eigenvalue weighted by atomic mass is 35.5. The fourth-order valence-electron chi connectivity index (χ4n) is 1.19. The van der Waals surface area contributed by atoms with Crippen LogP contribution in [0.15, 0.2) is 0 Å². The van der Waals surface area contributed by atoms with Gasteiger partial charge >= 0.3 is 0 Å². The van der Waals surface area contributed by atoms with Crippen LogP contribution in [0, 0.1) is 0 Å². The van der Waals surface area contributed by atoms with Gasteiger partial charge in [0.25, 0.3) is 5.92 Å². The zero-order valence-corrected chi connectivity index (χ0v) is 7.16. The molecule has 1 heterocycles. The summed E-state index contributed by atoms with van der Waals surface area (Å²) < 4.78 is 24.9. The summed E-state index contributed by atoms with van der Waals surface area (Å²) in [5.41, 5.74) is 4.84. The molecule has 0 bridgehead atoms. The second-order valence-electron chi connectivity index (χ2n) is 2.81. The molecule has 0 unspecified atom stereocenters. The lowest BCUT2D eigenvalue weighted by Gasteiger charge is -2.06. The summed E-state index contributed by atoms with van der Waals surface area (Å²) in [6, 6.07) is -0.442. The van der Waals surface area contributed by atoms with Crippen LogP contribution in [0.25, 0.3) is 0 Å². The van der Waals surface area contributed by atoms with Crippen LogP contribution in [0.3, 0.4) is 0 Å². The third-order valence-electron chi connectivity index (χ3n) is 1.64. The Hall–Kier alpha value is -0.420. The molecule has 0 radical (unpaired) electrons. The second kappa shape index (κ2) is 4.00. The van der Waals surface area contributed by atoms with Gasteiger partial charge in [0.15, 0.2) is 0 Å². The molecule has 1 atom stereocenters. The molecular formula is C6H11ClF2N2O. The van der Waals surface area contributed by atoms with Crippen molar-refractivity contribution in [1.29, 1.82) is 0 Å². The molecular weight excluding hydrogens is 190 g/mol. The standard InChI is InChI=1S/C6H10F2N2O.ClH/c7-6(8)2-4(10-3-6)1-5(9)11;/h4,10H,1-3H2,(H2,9,11);1H/t4-;/m0./s1. The van der Waals surface area contributed by atoms with Gasteiger partial charge in [-0.15, -0.1) is 12.4 Å². The van der Waals surface area contributed by atoms with Crippen molar-refractivity contribution in [1.82, 2.24) is 5.32 Å². The van der Waals surface area contributed by atoms with Gasteiger partial charge in [0, 0.05) is 18.9 Å². The first-order valence-electron chi connectivity index (χ1n) is 3.39. The van der Waals surface area contributed by atoms with E-state index >= 15 is 0 Å². The second-order valence-corrected chi connectivity index (χ2v) is 2.81. The summed E-state index contributed by atoms with van der Waals surface area (Å²) >= 11 is 0. The number of nitrogens with one attached hydrogen (secondary N) is 1. The van der Waals surface area contributed by atoms with Crippen molar-refractivity contribution in [3.63, 3.8) is 0 Å². The molecule has 0 aliphatic carbocycles. The molecule has 1 fully saturated rings. The molecule has 0 spiro atoms. The van der Waals surface area contributed by atoms with Crippen LogP contribution >= 0.6 is 12.4 Å². The highest BCUT2D eigenvalue weighted by molar-refractivity contribution is 5.85. The number of rotatable bonds is 2. The molecule has 12 heavy (non-hydrogen) atoms. The minimum atomic E-state index is -2.67. The van der Waals surface area contributed by atoms with Crippen molar-refractivity contribution in [2.24, 2.45) is 5.73 Å². The zero-order valence-electron chi connectivity index (χ0n) is 6.35. The van der Waals surface area contributed by atoms with E-state index < -0.39 is 17.9 Å². The van der Waals surface area contributed by atoms with Crippen LogP contribution in [0.1, 0.15) is 12.8 Å². The molecule has 6 heteroatoms. The fraction of sp³-hybridized carbons (Fsp3) is 0.833. The quantitative estimate of drug-likeness (QED) is 0.673. The number of hydrogen-bond donors (Lipinski definition) is 2. The molecule has 3 N–H and O–H groups in total. The van der Waals surface area contributed by atoms with Crippen molar-refractivity contribution in [3.05, 3.63) is 0 Å². The lowest BCUT2D eigenvalue weighted by Crippen LogP contribution is -2.27. The molecule has 1 amide bonds. The van der Waals surface area contributed by atoms with Crippen molar-refractivity contribution in [3.8, 4) is 0 Å². The predicted octanol–water partition coefficient (Wildman–Crippen LogP) is 0.281. The molecule has 0 saturated carbocycles. The summed E-state index contributed by atoms with van der Waals surface area (Å²) in [5.74, 6) is -3.21. The monoisotopic (exact) mass is 200 g/mol. The van der Waals surface area contributed by atoms with Crippen LogP contribution < -0.4 is 11.1 Å². The van der Waals surface area contributed by atoms with Gasteiger partial charge in [0.2, 0.25) is 5.91 Å². The van der Waals surface area contributed by atoms with Crippen LogP contribution in [0.4, 0.5) is 8.78 Å². The molecule has 1 saturated heterocycles. The van der Waals surface area contributed by atoms with E-state index in [1.54, 1.807) is 0 Å². The van der Waals surface area contributed by atoms with Gasteiger partial charge in [0.05, 0.1) is 6.54 Å². The van der Waals surface area contributed by atoms with Gasteiger partial charge in [-0.1, -0.05) is 0 Å². The molecule has 72 valence electrons. The molecule has 0 aromatic rings. The van der Waals surface area contributed by atoms with E-state index in [9.17, 15) is 13.6 Å². The Balaban J connectivity index is 0.00000121. The first-order chi connectivity index (χ1) is 4.99. The van der Waals surface area contributed by atoms with Gasteiger partial charge in [-0.05, 0) is 0 Å². The highest BCUT2D eigenvalue weighted by Gasteiger charge is 2.39. The van der Waals surface area contributed by atoms with Gasteiger partial charge in [-0.3, -0.25) is 4.79 Å². The Bertz CT molecular complexity index is 177.